The highest BCUT2D eigenvalue weighted by Crippen LogP contribution is 2.22. The molecule has 0 aromatic heterocycles. The van der Waals surface area contributed by atoms with Gasteiger partial charge in [-0.25, -0.2) is 0 Å². The van der Waals surface area contributed by atoms with Crippen LogP contribution in [0.3, 0.4) is 0 Å². The largest absolute Gasteiger partial charge is 0.393 e. The molecular formula is C13H18N2OS2. The van der Waals surface area contributed by atoms with Gasteiger partial charge in [-0.1, -0.05) is 29.9 Å². The summed E-state index contributed by atoms with van der Waals surface area (Å²) in [4.78, 5) is 12.2. The normalized spacial score (nSPS) is 10.2. The van der Waals surface area contributed by atoms with Crippen molar-refractivity contribution in [2.45, 2.75) is 20.8 Å². The summed E-state index contributed by atoms with van der Waals surface area (Å²) in [5.41, 5.74) is 9.65. The van der Waals surface area contributed by atoms with Crippen LogP contribution in [0.2, 0.25) is 0 Å². The van der Waals surface area contributed by atoms with Crippen LogP contribution in [0.25, 0.3) is 0 Å². The number of benzene rings is 1. The van der Waals surface area contributed by atoms with Gasteiger partial charge < -0.3 is 11.1 Å². The van der Waals surface area contributed by atoms with E-state index < -0.39 is 0 Å². The highest BCUT2D eigenvalue weighted by atomic mass is 32.2. The summed E-state index contributed by atoms with van der Waals surface area (Å²) in [7, 11) is 0. The summed E-state index contributed by atoms with van der Waals surface area (Å²) < 4.78 is 0. The number of thiocarbonyl (C=S) groups is 1. The Balaban J connectivity index is 2.62. The monoisotopic (exact) mass is 282 g/mol. The fourth-order valence-corrected chi connectivity index (χ4v) is 2.61. The molecule has 1 aromatic rings. The average molecular weight is 282 g/mol. The second-order valence-electron chi connectivity index (χ2n) is 4.28. The number of anilines is 1. The molecule has 0 atom stereocenters. The van der Waals surface area contributed by atoms with Crippen LogP contribution < -0.4 is 11.1 Å². The lowest BCUT2D eigenvalue weighted by molar-refractivity contribution is -0.113. The lowest BCUT2D eigenvalue weighted by Crippen LogP contribution is -2.18. The van der Waals surface area contributed by atoms with E-state index in [9.17, 15) is 4.79 Å². The number of carbonyl (C=O) groups excluding carboxylic acids is 1. The predicted molar refractivity (Wildman–Crippen MR) is 83.4 cm³/mol. The maximum absolute atomic E-state index is 11.8. The van der Waals surface area contributed by atoms with Gasteiger partial charge in [0.2, 0.25) is 5.91 Å². The molecule has 18 heavy (non-hydrogen) atoms. The van der Waals surface area contributed by atoms with Gasteiger partial charge in [0.25, 0.3) is 0 Å². The predicted octanol–water partition coefficient (Wildman–Crippen LogP) is 2.57. The van der Waals surface area contributed by atoms with E-state index >= 15 is 0 Å². The van der Waals surface area contributed by atoms with E-state index in [1.54, 1.807) is 0 Å². The van der Waals surface area contributed by atoms with Crippen LogP contribution in [0.4, 0.5) is 5.69 Å². The fourth-order valence-electron chi connectivity index (χ4n) is 1.80. The van der Waals surface area contributed by atoms with Gasteiger partial charge in [0.15, 0.2) is 0 Å². The Hall–Kier alpha value is -1.07. The quantitative estimate of drug-likeness (QED) is 0.815. The summed E-state index contributed by atoms with van der Waals surface area (Å²) >= 11 is 6.18. The van der Waals surface area contributed by atoms with Gasteiger partial charge in [-0.3, -0.25) is 4.79 Å². The molecule has 0 fully saturated rings. The Morgan fingerprint density at radius 1 is 1.28 bits per heavy atom. The van der Waals surface area contributed by atoms with Crippen molar-refractivity contribution in [3.05, 3.63) is 28.8 Å². The van der Waals surface area contributed by atoms with E-state index in [0.29, 0.717) is 16.5 Å². The SMILES string of the molecule is Cc1cc(C)c(NC(=O)CSCC(N)=S)c(C)c1. The molecule has 1 aromatic carbocycles. The molecule has 0 unspecified atom stereocenters. The molecule has 1 amide bonds. The number of amides is 1. The van der Waals surface area contributed by atoms with Crippen molar-refractivity contribution >= 4 is 40.6 Å². The molecule has 0 spiro atoms. The summed E-state index contributed by atoms with van der Waals surface area (Å²) in [6, 6.07) is 4.12. The van der Waals surface area contributed by atoms with Crippen molar-refractivity contribution in [1.29, 1.82) is 0 Å². The van der Waals surface area contributed by atoms with Crippen molar-refractivity contribution in [3.63, 3.8) is 0 Å². The molecule has 0 aliphatic heterocycles. The van der Waals surface area contributed by atoms with E-state index in [1.165, 1.54) is 17.3 Å². The maximum Gasteiger partial charge on any atom is 0.234 e. The average Bonchev–Trinajstić information content (AvgIpc) is 2.22. The number of thioether (sulfide) groups is 1. The molecule has 0 saturated heterocycles. The van der Waals surface area contributed by atoms with Crippen molar-refractivity contribution in [1.82, 2.24) is 0 Å². The fraction of sp³-hybridized carbons (Fsp3) is 0.385. The first kappa shape index (κ1) is 15.0. The van der Waals surface area contributed by atoms with Crippen LogP contribution in [0, 0.1) is 20.8 Å². The molecule has 0 saturated carbocycles. The summed E-state index contributed by atoms with van der Waals surface area (Å²) in [5, 5.41) is 2.94. The Morgan fingerprint density at radius 3 is 2.33 bits per heavy atom. The maximum atomic E-state index is 11.8. The van der Waals surface area contributed by atoms with E-state index in [4.69, 9.17) is 18.0 Å². The van der Waals surface area contributed by atoms with E-state index in [2.05, 4.69) is 17.4 Å². The first-order valence-corrected chi connectivity index (χ1v) is 7.20. The molecule has 1 rings (SSSR count). The minimum absolute atomic E-state index is 0.0219. The second kappa shape index (κ2) is 6.75. The molecular weight excluding hydrogens is 264 g/mol. The number of hydrogen-bond donors (Lipinski definition) is 2. The first-order chi connectivity index (χ1) is 8.40. The Morgan fingerprint density at radius 2 is 1.83 bits per heavy atom. The molecule has 0 radical (unpaired) electrons. The second-order valence-corrected chi connectivity index (χ2v) is 5.79. The summed E-state index contributed by atoms with van der Waals surface area (Å²) in [6.45, 7) is 6.04. The number of hydrogen-bond acceptors (Lipinski definition) is 3. The molecule has 3 nitrogen and oxygen atoms in total. The Labute approximate surface area is 118 Å². The zero-order valence-electron chi connectivity index (χ0n) is 10.9. The lowest BCUT2D eigenvalue weighted by Gasteiger charge is -2.12. The standard InChI is InChI=1S/C13H18N2OS2/c1-8-4-9(2)13(10(3)5-8)15-12(16)7-18-6-11(14)17/h4-5H,6-7H2,1-3H3,(H2,14,17)(H,15,16). The van der Waals surface area contributed by atoms with Crippen LogP contribution in [-0.2, 0) is 4.79 Å². The molecule has 0 aliphatic rings. The number of aryl methyl sites for hydroxylation is 3. The molecule has 0 heterocycles. The smallest absolute Gasteiger partial charge is 0.234 e. The zero-order chi connectivity index (χ0) is 13.7. The van der Waals surface area contributed by atoms with Crippen molar-refractivity contribution in [2.24, 2.45) is 5.73 Å². The first-order valence-electron chi connectivity index (χ1n) is 5.64. The Bertz CT molecular complexity index is 449. The van der Waals surface area contributed by atoms with E-state index in [1.807, 2.05) is 20.8 Å². The number of nitrogens with two attached hydrogens (primary N) is 1. The van der Waals surface area contributed by atoms with Gasteiger partial charge in [0, 0.05) is 11.4 Å². The number of nitrogens with one attached hydrogen (secondary N) is 1. The third-order valence-electron chi connectivity index (χ3n) is 2.42. The minimum Gasteiger partial charge on any atom is -0.393 e. The van der Waals surface area contributed by atoms with Gasteiger partial charge in [-0.05, 0) is 31.9 Å². The van der Waals surface area contributed by atoms with Gasteiger partial charge in [-0.2, -0.15) is 0 Å². The molecule has 0 aliphatic carbocycles. The topological polar surface area (TPSA) is 55.1 Å². The van der Waals surface area contributed by atoms with Crippen LogP contribution in [0.15, 0.2) is 12.1 Å². The van der Waals surface area contributed by atoms with Crippen molar-refractivity contribution < 1.29 is 4.79 Å². The Kier molecular flexibility index (Phi) is 5.62. The highest BCUT2D eigenvalue weighted by molar-refractivity contribution is 8.01. The van der Waals surface area contributed by atoms with Gasteiger partial charge in [0.05, 0.1) is 10.7 Å². The van der Waals surface area contributed by atoms with E-state index in [-0.39, 0.29) is 5.91 Å². The number of carbonyl (C=O) groups is 1. The van der Waals surface area contributed by atoms with Gasteiger partial charge in [0.1, 0.15) is 0 Å². The number of rotatable bonds is 5. The minimum atomic E-state index is -0.0219. The third-order valence-corrected chi connectivity index (χ3v) is 3.73. The van der Waals surface area contributed by atoms with Crippen LogP contribution in [-0.4, -0.2) is 22.4 Å². The van der Waals surface area contributed by atoms with Crippen molar-refractivity contribution in [2.75, 3.05) is 16.8 Å². The molecule has 98 valence electrons. The lowest BCUT2D eigenvalue weighted by atomic mass is 10.1. The molecule has 3 N–H and O–H groups in total. The van der Waals surface area contributed by atoms with Crippen molar-refractivity contribution in [3.8, 4) is 0 Å². The summed E-state index contributed by atoms with van der Waals surface area (Å²) in [6.07, 6.45) is 0. The van der Waals surface area contributed by atoms with Crippen LogP contribution in [0.1, 0.15) is 16.7 Å². The van der Waals surface area contributed by atoms with Crippen LogP contribution in [0.5, 0.6) is 0 Å². The van der Waals surface area contributed by atoms with Gasteiger partial charge in [-0.15, -0.1) is 11.8 Å². The van der Waals surface area contributed by atoms with E-state index in [0.717, 1.165) is 16.8 Å². The highest BCUT2D eigenvalue weighted by Gasteiger charge is 2.08. The summed E-state index contributed by atoms with van der Waals surface area (Å²) in [5.74, 6) is 0.880. The van der Waals surface area contributed by atoms with Gasteiger partial charge >= 0.3 is 0 Å². The zero-order valence-corrected chi connectivity index (χ0v) is 12.5. The third kappa shape index (κ3) is 4.66. The molecule has 0 bridgehead atoms. The molecule has 5 heteroatoms. The van der Waals surface area contributed by atoms with Crippen LogP contribution >= 0.6 is 24.0 Å².